The van der Waals surface area contributed by atoms with E-state index in [0.717, 1.165) is 12.8 Å². The molecule has 3 atom stereocenters. The summed E-state index contributed by atoms with van der Waals surface area (Å²) in [6.07, 6.45) is 4.91. The summed E-state index contributed by atoms with van der Waals surface area (Å²) in [5.74, 6) is 0.308. The van der Waals surface area contributed by atoms with Gasteiger partial charge in [0.2, 0.25) is 5.91 Å². The Kier molecular flexibility index (Phi) is 3.26. The fourth-order valence-corrected chi connectivity index (χ4v) is 2.78. The largest absolute Gasteiger partial charge is 0.396 e. The molecule has 1 amide bonds. The third-order valence-electron chi connectivity index (χ3n) is 3.68. The number of hydrogen-bond acceptors (Lipinski definition) is 3. The lowest BCUT2D eigenvalue weighted by Gasteiger charge is -2.36. The zero-order valence-electron chi connectivity index (χ0n) is 9.06. The molecule has 3 N–H and O–H groups in total. The summed E-state index contributed by atoms with van der Waals surface area (Å²) >= 11 is 0. The summed E-state index contributed by atoms with van der Waals surface area (Å²) in [5.41, 5.74) is 6.05. The summed E-state index contributed by atoms with van der Waals surface area (Å²) < 4.78 is 0. The standard InChI is InChI=1S/C11H20N2O2/c12-9-3-1-2-4-10(9)13-6-8(7-14)5-11(13)15/h8-10,14H,1-7,12H2. The zero-order valence-corrected chi connectivity index (χ0v) is 9.06. The minimum absolute atomic E-state index is 0.115. The Bertz CT molecular complexity index is 245. The van der Waals surface area contributed by atoms with Crippen LogP contribution in [0.2, 0.25) is 0 Å². The number of aliphatic hydroxyl groups excluding tert-OH is 1. The Hall–Kier alpha value is -0.610. The van der Waals surface area contributed by atoms with Crippen molar-refractivity contribution in [2.24, 2.45) is 11.7 Å². The molecule has 1 saturated carbocycles. The fraction of sp³-hybridized carbons (Fsp3) is 0.909. The van der Waals surface area contributed by atoms with E-state index in [1.54, 1.807) is 0 Å². The number of nitrogens with zero attached hydrogens (tertiary/aromatic N) is 1. The first-order chi connectivity index (χ1) is 7.22. The van der Waals surface area contributed by atoms with E-state index in [9.17, 15) is 4.79 Å². The number of likely N-dealkylation sites (tertiary alicyclic amines) is 1. The van der Waals surface area contributed by atoms with Gasteiger partial charge in [-0.3, -0.25) is 4.79 Å². The first kappa shape index (κ1) is 10.9. The lowest BCUT2D eigenvalue weighted by Crippen LogP contribution is -2.50. The van der Waals surface area contributed by atoms with E-state index < -0.39 is 0 Å². The van der Waals surface area contributed by atoms with Crippen LogP contribution in [0, 0.1) is 5.92 Å². The maximum absolute atomic E-state index is 11.7. The maximum atomic E-state index is 11.7. The van der Waals surface area contributed by atoms with Crippen LogP contribution in [-0.2, 0) is 4.79 Å². The molecule has 0 aromatic carbocycles. The van der Waals surface area contributed by atoms with E-state index in [2.05, 4.69) is 0 Å². The molecule has 2 fully saturated rings. The van der Waals surface area contributed by atoms with Crippen LogP contribution >= 0.6 is 0 Å². The van der Waals surface area contributed by atoms with Crippen LogP contribution in [0.5, 0.6) is 0 Å². The number of nitrogens with two attached hydrogens (primary N) is 1. The number of aliphatic hydroxyl groups is 1. The van der Waals surface area contributed by atoms with Crippen molar-refractivity contribution in [3.63, 3.8) is 0 Å². The van der Waals surface area contributed by atoms with Crippen LogP contribution in [0.25, 0.3) is 0 Å². The predicted molar refractivity (Wildman–Crippen MR) is 57.1 cm³/mol. The fourth-order valence-electron chi connectivity index (χ4n) is 2.78. The molecule has 1 aliphatic heterocycles. The summed E-state index contributed by atoms with van der Waals surface area (Å²) in [5, 5.41) is 9.06. The third kappa shape index (κ3) is 2.16. The van der Waals surface area contributed by atoms with Crippen molar-refractivity contribution < 1.29 is 9.90 Å². The van der Waals surface area contributed by atoms with E-state index in [1.165, 1.54) is 12.8 Å². The third-order valence-corrected chi connectivity index (χ3v) is 3.68. The molecule has 0 aromatic heterocycles. The predicted octanol–water partition coefficient (Wildman–Crippen LogP) is 0.0971. The van der Waals surface area contributed by atoms with Gasteiger partial charge in [-0.15, -0.1) is 0 Å². The Morgan fingerprint density at radius 3 is 2.73 bits per heavy atom. The number of amides is 1. The molecule has 4 heteroatoms. The van der Waals surface area contributed by atoms with Gasteiger partial charge in [-0.05, 0) is 12.8 Å². The van der Waals surface area contributed by atoms with Crippen LogP contribution < -0.4 is 5.73 Å². The molecule has 0 aromatic rings. The molecular formula is C11H20N2O2. The molecule has 15 heavy (non-hydrogen) atoms. The van der Waals surface area contributed by atoms with Gasteiger partial charge in [0.1, 0.15) is 0 Å². The van der Waals surface area contributed by atoms with Crippen molar-refractivity contribution >= 4 is 5.91 Å². The summed E-state index contributed by atoms with van der Waals surface area (Å²) in [6.45, 7) is 0.817. The van der Waals surface area contributed by atoms with Gasteiger partial charge in [-0.25, -0.2) is 0 Å². The van der Waals surface area contributed by atoms with Crippen LogP contribution in [0.3, 0.4) is 0 Å². The van der Waals surface area contributed by atoms with Gasteiger partial charge in [-0.1, -0.05) is 12.8 Å². The van der Waals surface area contributed by atoms with Crippen molar-refractivity contribution in [2.45, 2.75) is 44.2 Å². The Balaban J connectivity index is 2.00. The van der Waals surface area contributed by atoms with Gasteiger partial charge in [0.05, 0.1) is 0 Å². The summed E-state index contributed by atoms with van der Waals surface area (Å²) in [4.78, 5) is 13.7. The number of carbonyl (C=O) groups excluding carboxylic acids is 1. The van der Waals surface area contributed by atoms with Crippen molar-refractivity contribution in [1.29, 1.82) is 0 Å². The first-order valence-electron chi connectivity index (χ1n) is 5.88. The SMILES string of the molecule is NC1CCCCC1N1CC(CO)CC1=O. The summed E-state index contributed by atoms with van der Waals surface area (Å²) in [6, 6.07) is 0.364. The Morgan fingerprint density at radius 1 is 1.40 bits per heavy atom. The van der Waals surface area contributed by atoms with Crippen molar-refractivity contribution in [2.75, 3.05) is 13.2 Å². The van der Waals surface area contributed by atoms with Gasteiger partial charge in [0.25, 0.3) is 0 Å². The highest BCUT2D eigenvalue weighted by Crippen LogP contribution is 2.27. The molecule has 1 heterocycles. The van der Waals surface area contributed by atoms with E-state index in [4.69, 9.17) is 10.8 Å². The van der Waals surface area contributed by atoms with E-state index in [-0.39, 0.29) is 30.5 Å². The van der Waals surface area contributed by atoms with Crippen LogP contribution in [-0.4, -0.2) is 41.1 Å². The van der Waals surface area contributed by atoms with E-state index in [0.29, 0.717) is 13.0 Å². The Morgan fingerprint density at radius 2 is 2.13 bits per heavy atom. The van der Waals surface area contributed by atoms with Crippen molar-refractivity contribution in [3.8, 4) is 0 Å². The van der Waals surface area contributed by atoms with Crippen LogP contribution in [0.1, 0.15) is 32.1 Å². The van der Waals surface area contributed by atoms with Gasteiger partial charge in [-0.2, -0.15) is 0 Å². The van der Waals surface area contributed by atoms with E-state index in [1.807, 2.05) is 4.90 Å². The number of hydrogen-bond donors (Lipinski definition) is 2. The lowest BCUT2D eigenvalue weighted by molar-refractivity contribution is -0.130. The molecule has 0 spiro atoms. The molecule has 4 nitrogen and oxygen atoms in total. The molecule has 0 radical (unpaired) electrons. The second-order valence-corrected chi connectivity index (χ2v) is 4.81. The lowest BCUT2D eigenvalue weighted by atomic mass is 9.90. The molecule has 0 bridgehead atoms. The highest BCUT2D eigenvalue weighted by atomic mass is 16.3. The number of carbonyl (C=O) groups is 1. The highest BCUT2D eigenvalue weighted by Gasteiger charge is 2.37. The molecular weight excluding hydrogens is 192 g/mol. The van der Waals surface area contributed by atoms with Gasteiger partial charge in [0, 0.05) is 37.6 Å². The van der Waals surface area contributed by atoms with Gasteiger partial charge >= 0.3 is 0 Å². The molecule has 86 valence electrons. The second kappa shape index (κ2) is 4.49. The molecule has 1 saturated heterocycles. The normalized spacial score (nSPS) is 37.3. The number of rotatable bonds is 2. The molecule has 3 unspecified atom stereocenters. The van der Waals surface area contributed by atoms with E-state index >= 15 is 0 Å². The minimum Gasteiger partial charge on any atom is -0.396 e. The summed E-state index contributed by atoms with van der Waals surface area (Å²) in [7, 11) is 0. The zero-order chi connectivity index (χ0) is 10.8. The van der Waals surface area contributed by atoms with Crippen LogP contribution in [0.4, 0.5) is 0 Å². The van der Waals surface area contributed by atoms with Crippen LogP contribution in [0.15, 0.2) is 0 Å². The van der Waals surface area contributed by atoms with Crippen molar-refractivity contribution in [1.82, 2.24) is 4.90 Å². The topological polar surface area (TPSA) is 66.6 Å². The average molecular weight is 212 g/mol. The van der Waals surface area contributed by atoms with Crippen molar-refractivity contribution in [3.05, 3.63) is 0 Å². The smallest absolute Gasteiger partial charge is 0.223 e. The quantitative estimate of drug-likeness (QED) is 0.682. The highest BCUT2D eigenvalue weighted by molar-refractivity contribution is 5.79. The molecule has 2 aliphatic rings. The first-order valence-corrected chi connectivity index (χ1v) is 5.88. The monoisotopic (exact) mass is 212 g/mol. The van der Waals surface area contributed by atoms with Gasteiger partial charge < -0.3 is 15.7 Å². The molecule has 2 rings (SSSR count). The minimum atomic E-state index is 0.115. The second-order valence-electron chi connectivity index (χ2n) is 4.81. The Labute approximate surface area is 90.4 Å². The van der Waals surface area contributed by atoms with Gasteiger partial charge in [0.15, 0.2) is 0 Å². The maximum Gasteiger partial charge on any atom is 0.223 e. The molecule has 1 aliphatic carbocycles. The average Bonchev–Trinajstić information content (AvgIpc) is 2.60.